The molecule has 2 atom stereocenters. The minimum atomic E-state index is -1.12. The summed E-state index contributed by atoms with van der Waals surface area (Å²) in [6.45, 7) is 12.8. The fourth-order valence-corrected chi connectivity index (χ4v) is 4.64. The third-order valence-corrected chi connectivity index (χ3v) is 6.08. The van der Waals surface area contributed by atoms with Crippen molar-refractivity contribution in [1.82, 2.24) is 4.90 Å². The van der Waals surface area contributed by atoms with E-state index < -0.39 is 34.6 Å². The van der Waals surface area contributed by atoms with Crippen LogP contribution in [0.4, 0.5) is 0 Å². The van der Waals surface area contributed by atoms with Crippen LogP contribution >= 0.6 is 0 Å². The zero-order chi connectivity index (χ0) is 27.4. The summed E-state index contributed by atoms with van der Waals surface area (Å²) < 4.78 is 16.8. The second-order valence-electron chi connectivity index (χ2n) is 11.7. The lowest BCUT2D eigenvalue weighted by atomic mass is 9.73. The van der Waals surface area contributed by atoms with Gasteiger partial charge in [-0.15, -0.1) is 0 Å². The Bertz CT molecular complexity index is 1110. The first kappa shape index (κ1) is 28.4. The number of rotatable bonds is 8. The second-order valence-corrected chi connectivity index (χ2v) is 11.7. The lowest BCUT2D eigenvalue weighted by Gasteiger charge is -2.44. The van der Waals surface area contributed by atoms with Crippen LogP contribution < -0.4 is 0 Å². The highest BCUT2D eigenvalue weighted by Crippen LogP contribution is 2.41. The molecule has 0 aromatic heterocycles. The van der Waals surface area contributed by atoms with Crippen LogP contribution in [0.2, 0.25) is 0 Å². The van der Waals surface area contributed by atoms with Gasteiger partial charge in [-0.2, -0.15) is 0 Å². The molecule has 0 bridgehead atoms. The number of hydrogen-bond acceptors (Lipinski definition) is 6. The number of fused-ring (bicyclic) bond motifs is 1. The van der Waals surface area contributed by atoms with Gasteiger partial charge in [0.25, 0.3) is 0 Å². The maximum absolute atomic E-state index is 14.2. The fourth-order valence-electron chi connectivity index (χ4n) is 4.64. The second kappa shape index (κ2) is 11.1. The van der Waals surface area contributed by atoms with Crippen LogP contribution in [0.3, 0.4) is 0 Å². The van der Waals surface area contributed by atoms with Crippen molar-refractivity contribution >= 4 is 17.8 Å². The topological polar surface area (TPSA) is 82.1 Å². The molecule has 7 heteroatoms. The van der Waals surface area contributed by atoms with Gasteiger partial charge < -0.3 is 19.1 Å². The number of esters is 2. The lowest BCUT2D eigenvalue weighted by molar-refractivity contribution is -0.163. The van der Waals surface area contributed by atoms with Crippen LogP contribution in [0.15, 0.2) is 54.6 Å². The smallest absolute Gasteiger partial charge is 0.332 e. The van der Waals surface area contributed by atoms with Crippen LogP contribution in [0.5, 0.6) is 0 Å². The zero-order valence-corrected chi connectivity index (χ0v) is 23.0. The molecule has 2 aromatic rings. The summed E-state index contributed by atoms with van der Waals surface area (Å²) in [5.41, 5.74) is 0.265. The van der Waals surface area contributed by atoms with E-state index in [9.17, 15) is 14.4 Å². The van der Waals surface area contributed by atoms with Crippen molar-refractivity contribution in [2.45, 2.75) is 84.1 Å². The maximum atomic E-state index is 14.2. The Kier molecular flexibility index (Phi) is 8.48. The average Bonchev–Trinajstić information content (AvgIpc) is 2.78. The normalized spacial score (nSPS) is 18.7. The van der Waals surface area contributed by atoms with Crippen molar-refractivity contribution in [3.8, 4) is 0 Å². The van der Waals surface area contributed by atoms with E-state index in [4.69, 9.17) is 14.2 Å². The Hall–Kier alpha value is -3.19. The maximum Gasteiger partial charge on any atom is 0.332 e. The Morgan fingerprint density at radius 1 is 0.892 bits per heavy atom. The van der Waals surface area contributed by atoms with Gasteiger partial charge in [-0.3, -0.25) is 9.59 Å². The van der Waals surface area contributed by atoms with Gasteiger partial charge in [0.2, 0.25) is 5.91 Å². The molecule has 0 radical (unpaired) electrons. The van der Waals surface area contributed by atoms with Crippen LogP contribution in [0.1, 0.15) is 77.6 Å². The van der Waals surface area contributed by atoms with Crippen molar-refractivity contribution in [3.63, 3.8) is 0 Å². The van der Waals surface area contributed by atoms with E-state index in [0.717, 1.165) is 16.7 Å². The molecule has 1 aliphatic heterocycles. The summed E-state index contributed by atoms with van der Waals surface area (Å²) >= 11 is 0. The number of hydrogen-bond donors (Lipinski definition) is 0. The quantitative estimate of drug-likeness (QED) is 0.460. The number of carbonyl (C=O) groups is 3. The molecular formula is C30H39NO6. The molecule has 0 unspecified atom stereocenters. The van der Waals surface area contributed by atoms with Gasteiger partial charge in [0.05, 0.1) is 24.5 Å². The van der Waals surface area contributed by atoms with Crippen molar-refractivity contribution in [3.05, 3.63) is 71.3 Å². The third-order valence-electron chi connectivity index (χ3n) is 6.08. The fraction of sp³-hybridized carbons (Fsp3) is 0.500. The van der Waals surface area contributed by atoms with Gasteiger partial charge in [0, 0.05) is 6.54 Å². The summed E-state index contributed by atoms with van der Waals surface area (Å²) in [6.07, 6.45) is -0.0864. The van der Waals surface area contributed by atoms with Crippen LogP contribution in [-0.2, 0) is 40.6 Å². The highest BCUT2D eigenvalue weighted by Gasteiger charge is 2.47. The van der Waals surface area contributed by atoms with Crippen LogP contribution in [-0.4, -0.2) is 47.2 Å². The minimum Gasteiger partial charge on any atom is -0.460 e. The molecule has 0 saturated heterocycles. The number of carbonyl (C=O) groups excluding carboxylic acids is 3. The molecule has 0 spiro atoms. The highest BCUT2D eigenvalue weighted by atomic mass is 16.6. The summed E-state index contributed by atoms with van der Waals surface area (Å²) in [4.78, 5) is 41.1. The summed E-state index contributed by atoms with van der Waals surface area (Å²) in [5.74, 6) is -1.09. The highest BCUT2D eigenvalue weighted by molar-refractivity contribution is 5.94. The Labute approximate surface area is 220 Å². The van der Waals surface area contributed by atoms with Crippen molar-refractivity contribution in [1.29, 1.82) is 0 Å². The van der Waals surface area contributed by atoms with Gasteiger partial charge >= 0.3 is 11.9 Å². The predicted octanol–water partition coefficient (Wildman–Crippen LogP) is 5.12. The van der Waals surface area contributed by atoms with Crippen molar-refractivity contribution < 1.29 is 28.6 Å². The van der Waals surface area contributed by atoms with Gasteiger partial charge in [-0.25, -0.2) is 4.79 Å². The molecule has 0 aliphatic carbocycles. The summed E-state index contributed by atoms with van der Waals surface area (Å²) in [7, 11) is 0. The van der Waals surface area contributed by atoms with E-state index in [2.05, 4.69) is 0 Å². The number of amides is 1. The van der Waals surface area contributed by atoms with E-state index in [1.807, 2.05) is 75.4 Å². The monoisotopic (exact) mass is 509 g/mol. The van der Waals surface area contributed by atoms with Crippen LogP contribution in [0, 0.1) is 0 Å². The Morgan fingerprint density at radius 2 is 1.46 bits per heavy atom. The molecular weight excluding hydrogens is 470 g/mol. The van der Waals surface area contributed by atoms with E-state index in [0.29, 0.717) is 6.54 Å². The molecule has 0 N–H and O–H groups in total. The number of nitrogens with zero attached hydrogens (tertiary/aromatic N) is 1. The summed E-state index contributed by atoms with van der Waals surface area (Å²) in [6, 6.07) is 16.8. The first-order valence-electron chi connectivity index (χ1n) is 12.7. The molecule has 200 valence electrons. The minimum absolute atomic E-state index is 0.0864. The zero-order valence-electron chi connectivity index (χ0n) is 23.0. The molecule has 1 amide bonds. The molecule has 3 rings (SSSR count). The molecule has 0 fully saturated rings. The standard InChI is InChI=1S/C30H39NO6/c1-28(2,3)36-25(32)17-30(7)23-16-12-11-15-22(23)18-31(27(30)34)24(21-13-9-8-10-14-21)19-35-20-26(33)37-29(4,5)6/h8-16,24H,17-20H2,1-7H3/t24-,30-/m0/s1. The molecule has 1 aliphatic rings. The largest absolute Gasteiger partial charge is 0.460 e. The Morgan fingerprint density at radius 3 is 2.08 bits per heavy atom. The molecule has 37 heavy (non-hydrogen) atoms. The van der Waals surface area contributed by atoms with E-state index in [1.165, 1.54) is 0 Å². The molecule has 1 heterocycles. The lowest BCUT2D eigenvalue weighted by Crippen LogP contribution is -2.52. The van der Waals surface area contributed by atoms with E-state index in [-0.39, 0.29) is 25.5 Å². The number of benzene rings is 2. The van der Waals surface area contributed by atoms with Crippen LogP contribution in [0.25, 0.3) is 0 Å². The first-order valence-corrected chi connectivity index (χ1v) is 12.7. The first-order chi connectivity index (χ1) is 17.2. The number of ether oxygens (including phenoxy) is 3. The molecule has 0 saturated carbocycles. The van der Waals surface area contributed by atoms with E-state index in [1.54, 1.807) is 32.6 Å². The van der Waals surface area contributed by atoms with Gasteiger partial charge in [-0.05, 0) is 65.2 Å². The van der Waals surface area contributed by atoms with Gasteiger partial charge in [0.15, 0.2) is 0 Å². The third kappa shape index (κ3) is 7.41. The van der Waals surface area contributed by atoms with Gasteiger partial charge in [0.1, 0.15) is 17.8 Å². The molecule has 2 aromatic carbocycles. The average molecular weight is 510 g/mol. The molecule has 7 nitrogen and oxygen atoms in total. The van der Waals surface area contributed by atoms with Crippen molar-refractivity contribution in [2.24, 2.45) is 0 Å². The van der Waals surface area contributed by atoms with E-state index >= 15 is 0 Å². The predicted molar refractivity (Wildman–Crippen MR) is 141 cm³/mol. The van der Waals surface area contributed by atoms with Gasteiger partial charge in [-0.1, -0.05) is 54.6 Å². The van der Waals surface area contributed by atoms with Crippen molar-refractivity contribution in [2.75, 3.05) is 13.2 Å². The Balaban J connectivity index is 1.92. The SMILES string of the molecule is CC(C)(C)OC(=O)COC[C@@H](c1ccccc1)N1Cc2ccccc2[C@](C)(CC(=O)OC(C)(C)C)C1=O. The summed E-state index contributed by atoms with van der Waals surface area (Å²) in [5, 5.41) is 0.